The molecular weight excluding hydrogens is 443 g/mol. The van der Waals surface area contributed by atoms with Gasteiger partial charge in [-0.3, -0.25) is 4.79 Å². The molecule has 0 saturated carbocycles. The van der Waals surface area contributed by atoms with E-state index in [9.17, 15) is 27.9 Å². The standard InChI is InChI=1S/C24H17ClF3NO3/c25-20-9-8-15(11-19(20)14-6-3-7-18(10-14)24(26,27)28)21(30)29-23(22(31)32)12-16-4-1-2-5-17(16)13-23/h1-11H,12-13H2,(H,29,30)(H,31,32). The van der Waals surface area contributed by atoms with Crippen LogP contribution < -0.4 is 5.32 Å². The molecule has 0 unspecified atom stereocenters. The van der Waals surface area contributed by atoms with E-state index in [-0.39, 0.29) is 34.6 Å². The summed E-state index contributed by atoms with van der Waals surface area (Å²) in [6, 6.07) is 16.1. The third-order valence-corrected chi connectivity index (χ3v) is 5.92. The Balaban J connectivity index is 1.65. The number of halogens is 4. The van der Waals surface area contributed by atoms with Crippen molar-refractivity contribution in [1.82, 2.24) is 5.32 Å². The summed E-state index contributed by atoms with van der Waals surface area (Å²) in [5.41, 5.74) is -0.124. The second-order valence-electron chi connectivity index (χ2n) is 7.74. The largest absolute Gasteiger partial charge is 0.479 e. The zero-order valence-electron chi connectivity index (χ0n) is 16.5. The topological polar surface area (TPSA) is 66.4 Å². The highest BCUT2D eigenvalue weighted by atomic mass is 35.5. The van der Waals surface area contributed by atoms with Crippen LogP contribution in [0.5, 0.6) is 0 Å². The van der Waals surface area contributed by atoms with Gasteiger partial charge >= 0.3 is 12.1 Å². The van der Waals surface area contributed by atoms with Crippen molar-refractivity contribution >= 4 is 23.5 Å². The first-order chi connectivity index (χ1) is 15.1. The fraction of sp³-hybridized carbons (Fsp3) is 0.167. The molecule has 1 aliphatic carbocycles. The Morgan fingerprint density at radius 2 is 1.59 bits per heavy atom. The molecule has 0 bridgehead atoms. The highest BCUT2D eigenvalue weighted by Crippen LogP contribution is 2.35. The van der Waals surface area contributed by atoms with Crippen LogP contribution in [0.4, 0.5) is 13.2 Å². The monoisotopic (exact) mass is 459 g/mol. The van der Waals surface area contributed by atoms with Gasteiger partial charge in [0.2, 0.25) is 0 Å². The van der Waals surface area contributed by atoms with Gasteiger partial charge in [0.1, 0.15) is 5.54 Å². The van der Waals surface area contributed by atoms with Gasteiger partial charge < -0.3 is 10.4 Å². The molecule has 0 aromatic heterocycles. The van der Waals surface area contributed by atoms with Gasteiger partial charge in [0.05, 0.1) is 5.56 Å². The van der Waals surface area contributed by atoms with Crippen LogP contribution in [0.15, 0.2) is 66.7 Å². The second kappa shape index (κ2) is 7.98. The van der Waals surface area contributed by atoms with E-state index in [1.54, 1.807) is 12.1 Å². The number of carbonyl (C=O) groups is 2. The van der Waals surface area contributed by atoms with Gasteiger partial charge in [-0.25, -0.2) is 4.79 Å². The van der Waals surface area contributed by atoms with E-state index in [0.29, 0.717) is 0 Å². The normalized spacial score (nSPS) is 14.6. The molecule has 8 heteroatoms. The van der Waals surface area contributed by atoms with Crippen molar-refractivity contribution < 1.29 is 27.9 Å². The van der Waals surface area contributed by atoms with Crippen LogP contribution in [0.1, 0.15) is 27.0 Å². The van der Waals surface area contributed by atoms with Gasteiger partial charge in [-0.15, -0.1) is 0 Å². The smallest absolute Gasteiger partial charge is 0.416 e. The van der Waals surface area contributed by atoms with E-state index in [1.807, 2.05) is 12.1 Å². The van der Waals surface area contributed by atoms with Crippen molar-refractivity contribution in [3.63, 3.8) is 0 Å². The van der Waals surface area contributed by atoms with Crippen LogP contribution in [-0.4, -0.2) is 22.5 Å². The van der Waals surface area contributed by atoms with Crippen molar-refractivity contribution in [1.29, 1.82) is 0 Å². The molecule has 0 atom stereocenters. The Morgan fingerprint density at radius 1 is 0.938 bits per heavy atom. The number of aliphatic carboxylic acids is 1. The van der Waals surface area contributed by atoms with E-state index >= 15 is 0 Å². The van der Waals surface area contributed by atoms with Crippen molar-refractivity contribution in [2.75, 3.05) is 0 Å². The minimum atomic E-state index is -4.52. The van der Waals surface area contributed by atoms with Crippen molar-refractivity contribution in [3.8, 4) is 11.1 Å². The average molecular weight is 460 g/mol. The first-order valence-corrected chi connectivity index (χ1v) is 10.1. The number of carbonyl (C=O) groups excluding carboxylic acids is 1. The van der Waals surface area contributed by atoms with Crippen molar-refractivity contribution in [2.24, 2.45) is 0 Å². The van der Waals surface area contributed by atoms with Gasteiger partial charge in [-0.1, -0.05) is 48.0 Å². The number of hydrogen-bond acceptors (Lipinski definition) is 2. The predicted molar refractivity (Wildman–Crippen MR) is 114 cm³/mol. The third kappa shape index (κ3) is 4.08. The lowest BCUT2D eigenvalue weighted by molar-refractivity contribution is -0.144. The maximum absolute atomic E-state index is 13.1. The van der Waals surface area contributed by atoms with Crippen LogP contribution in [0, 0.1) is 0 Å². The summed E-state index contributed by atoms with van der Waals surface area (Å²) in [4.78, 5) is 25.1. The lowest BCUT2D eigenvalue weighted by Crippen LogP contribution is -2.55. The molecule has 0 saturated heterocycles. The summed E-state index contributed by atoms with van der Waals surface area (Å²) in [5.74, 6) is -1.81. The Kier molecular flexibility index (Phi) is 5.46. The Hall–Kier alpha value is -3.32. The van der Waals surface area contributed by atoms with Gasteiger partial charge in [0.25, 0.3) is 5.91 Å². The number of fused-ring (bicyclic) bond motifs is 1. The number of amides is 1. The molecule has 3 aromatic rings. The number of rotatable bonds is 4. The molecule has 4 nitrogen and oxygen atoms in total. The van der Waals surface area contributed by atoms with Crippen LogP contribution in [-0.2, 0) is 23.8 Å². The maximum atomic E-state index is 13.1. The minimum absolute atomic E-state index is 0.0957. The Morgan fingerprint density at radius 3 is 2.19 bits per heavy atom. The van der Waals surface area contributed by atoms with Gasteiger partial charge in [0.15, 0.2) is 0 Å². The van der Waals surface area contributed by atoms with Gasteiger partial charge in [-0.2, -0.15) is 13.2 Å². The number of hydrogen-bond donors (Lipinski definition) is 2. The lowest BCUT2D eigenvalue weighted by atomic mass is 9.94. The predicted octanol–water partition coefficient (Wildman–Crippen LogP) is 5.38. The summed E-state index contributed by atoms with van der Waals surface area (Å²) >= 11 is 6.20. The molecule has 2 N–H and O–H groups in total. The zero-order chi connectivity index (χ0) is 23.1. The number of alkyl halides is 3. The van der Waals surface area contributed by atoms with Crippen LogP contribution in [0.3, 0.4) is 0 Å². The molecule has 0 heterocycles. The zero-order valence-corrected chi connectivity index (χ0v) is 17.3. The third-order valence-electron chi connectivity index (χ3n) is 5.59. The lowest BCUT2D eigenvalue weighted by Gasteiger charge is -2.25. The maximum Gasteiger partial charge on any atom is 0.416 e. The molecule has 0 radical (unpaired) electrons. The fourth-order valence-electron chi connectivity index (χ4n) is 3.95. The quantitative estimate of drug-likeness (QED) is 0.550. The van der Waals surface area contributed by atoms with Crippen molar-refractivity contribution in [2.45, 2.75) is 24.6 Å². The first kappa shape index (κ1) is 21.9. The minimum Gasteiger partial charge on any atom is -0.479 e. The summed E-state index contributed by atoms with van der Waals surface area (Å²) in [7, 11) is 0. The van der Waals surface area contributed by atoms with E-state index < -0.39 is 29.2 Å². The molecule has 1 aliphatic rings. The number of carboxylic acid groups (broad SMARTS) is 1. The number of carboxylic acids is 1. The van der Waals surface area contributed by atoms with Gasteiger partial charge in [0, 0.05) is 29.0 Å². The fourth-order valence-corrected chi connectivity index (χ4v) is 4.18. The molecule has 0 aliphatic heterocycles. The molecule has 3 aromatic carbocycles. The molecule has 0 fully saturated rings. The van der Waals surface area contributed by atoms with Crippen molar-refractivity contribution in [3.05, 3.63) is 94.0 Å². The molecule has 0 spiro atoms. The van der Waals surface area contributed by atoms with E-state index in [0.717, 1.165) is 23.3 Å². The summed E-state index contributed by atoms with van der Waals surface area (Å²) < 4.78 is 39.3. The van der Waals surface area contributed by atoms with Crippen LogP contribution in [0.25, 0.3) is 11.1 Å². The Labute approximate surface area is 186 Å². The number of benzene rings is 3. The van der Waals surface area contributed by atoms with Gasteiger partial charge in [-0.05, 0) is 47.0 Å². The number of nitrogens with one attached hydrogen (secondary N) is 1. The van der Waals surface area contributed by atoms with E-state index in [1.165, 1.54) is 30.3 Å². The highest BCUT2D eigenvalue weighted by Gasteiger charge is 2.45. The summed E-state index contributed by atoms with van der Waals surface area (Å²) in [5, 5.41) is 12.7. The average Bonchev–Trinajstić information content (AvgIpc) is 3.13. The van der Waals surface area contributed by atoms with E-state index in [4.69, 9.17) is 11.6 Å². The SMILES string of the molecule is O=C(NC1(C(=O)O)Cc2ccccc2C1)c1ccc(Cl)c(-c2cccc(C(F)(F)F)c2)c1. The molecule has 4 rings (SSSR count). The summed E-state index contributed by atoms with van der Waals surface area (Å²) in [6.45, 7) is 0. The molecule has 164 valence electrons. The molecular formula is C24H17ClF3NO3. The van der Waals surface area contributed by atoms with E-state index in [2.05, 4.69) is 5.32 Å². The van der Waals surface area contributed by atoms with Crippen LogP contribution in [0.2, 0.25) is 5.02 Å². The second-order valence-corrected chi connectivity index (χ2v) is 8.14. The highest BCUT2D eigenvalue weighted by molar-refractivity contribution is 6.33. The Bertz CT molecular complexity index is 1200. The molecule has 32 heavy (non-hydrogen) atoms. The summed E-state index contributed by atoms with van der Waals surface area (Å²) in [6.07, 6.45) is -4.25. The van der Waals surface area contributed by atoms with Crippen LogP contribution >= 0.6 is 11.6 Å². The first-order valence-electron chi connectivity index (χ1n) is 9.69. The molecule has 1 amide bonds.